The zero-order valence-electron chi connectivity index (χ0n) is 27.3. The number of amides is 2. The lowest BCUT2D eigenvalue weighted by atomic mass is 10.0. The predicted octanol–water partition coefficient (Wildman–Crippen LogP) is 7.05. The normalized spacial score (nSPS) is 13.9. The van der Waals surface area contributed by atoms with Crippen LogP contribution in [0, 0.1) is 6.92 Å². The number of benzene rings is 4. The fourth-order valence-electron chi connectivity index (χ4n) is 5.99. The van der Waals surface area contributed by atoms with Crippen LogP contribution in [-0.4, -0.2) is 50.4 Å². The summed E-state index contributed by atoms with van der Waals surface area (Å²) in [6.45, 7) is 3.80. The number of rotatable bonds is 14. The molecule has 1 fully saturated rings. The zero-order valence-corrected chi connectivity index (χ0v) is 29.8. The molecule has 5 rings (SSSR count). The average Bonchev–Trinajstić information content (AvgIpc) is 3.59. The van der Waals surface area contributed by atoms with Gasteiger partial charge in [0.05, 0.1) is 17.2 Å². The highest BCUT2D eigenvalue weighted by Gasteiger charge is 2.35. The molecule has 0 heterocycles. The van der Waals surface area contributed by atoms with Crippen molar-refractivity contribution >= 4 is 43.5 Å². The maximum absolute atomic E-state index is 14.7. The molecular weight excluding hydrogens is 690 g/mol. The van der Waals surface area contributed by atoms with E-state index in [-0.39, 0.29) is 29.8 Å². The zero-order chi connectivity index (χ0) is 34.1. The van der Waals surface area contributed by atoms with E-state index in [0.29, 0.717) is 18.0 Å². The van der Waals surface area contributed by atoms with Crippen molar-refractivity contribution in [2.75, 3.05) is 17.5 Å². The molecular formula is C38H42BrN3O5S. The monoisotopic (exact) mass is 731 g/mol. The van der Waals surface area contributed by atoms with Gasteiger partial charge in [0.25, 0.3) is 10.0 Å². The largest absolute Gasteiger partial charge is 0.494 e. The summed E-state index contributed by atoms with van der Waals surface area (Å²) in [6.07, 6.45) is 4.14. The molecule has 1 aliphatic carbocycles. The van der Waals surface area contributed by atoms with Gasteiger partial charge in [0, 0.05) is 23.5 Å². The molecule has 1 saturated carbocycles. The molecule has 2 amide bonds. The van der Waals surface area contributed by atoms with Crippen LogP contribution in [0.25, 0.3) is 0 Å². The second kappa shape index (κ2) is 16.3. The fraction of sp³-hybridized carbons (Fsp3) is 0.316. The lowest BCUT2D eigenvalue weighted by Gasteiger charge is -2.34. The van der Waals surface area contributed by atoms with Crippen molar-refractivity contribution in [3.05, 3.63) is 124 Å². The smallest absolute Gasteiger partial charge is 0.264 e. The number of sulfonamides is 1. The summed E-state index contributed by atoms with van der Waals surface area (Å²) in [5.74, 6) is -0.159. The summed E-state index contributed by atoms with van der Waals surface area (Å²) in [4.78, 5) is 30.4. The van der Waals surface area contributed by atoms with Gasteiger partial charge in [-0.2, -0.15) is 0 Å². The second-order valence-corrected chi connectivity index (χ2v) is 14.9. The van der Waals surface area contributed by atoms with Crippen LogP contribution in [-0.2, 0) is 32.6 Å². The molecule has 4 aromatic carbocycles. The summed E-state index contributed by atoms with van der Waals surface area (Å²) in [7, 11) is -4.19. The van der Waals surface area contributed by atoms with E-state index in [1.54, 1.807) is 48.5 Å². The maximum atomic E-state index is 14.7. The van der Waals surface area contributed by atoms with E-state index in [0.717, 1.165) is 51.2 Å². The summed E-state index contributed by atoms with van der Waals surface area (Å²) in [6, 6.07) is 29.5. The lowest BCUT2D eigenvalue weighted by Crippen LogP contribution is -2.54. The summed E-state index contributed by atoms with van der Waals surface area (Å²) >= 11 is 3.53. The molecule has 252 valence electrons. The first-order valence-electron chi connectivity index (χ1n) is 16.3. The standard InChI is InChI=1S/C38H42BrN3O5S/c1-3-47-34-20-18-33(19-21-34)42(48(45,46)35-22-16-28(2)17-23-35)27-37(43)41(26-30-12-9-13-31(39)24-30)36(25-29-10-5-4-6-11-29)38(44)40-32-14-7-8-15-32/h4-6,9-13,16-24,32,36H,3,7-8,14-15,25-27H2,1-2H3,(H,40,44)/t36-/m1/s1. The van der Waals surface area contributed by atoms with E-state index in [9.17, 15) is 18.0 Å². The number of hydrogen-bond acceptors (Lipinski definition) is 5. The Kier molecular flexibility index (Phi) is 11.9. The van der Waals surface area contributed by atoms with Crippen molar-refractivity contribution in [3.8, 4) is 5.75 Å². The highest BCUT2D eigenvalue weighted by molar-refractivity contribution is 9.10. The molecule has 48 heavy (non-hydrogen) atoms. The first-order chi connectivity index (χ1) is 23.1. The first kappa shape index (κ1) is 35.2. The Labute approximate surface area is 292 Å². The van der Waals surface area contributed by atoms with Gasteiger partial charge in [0.15, 0.2) is 0 Å². The molecule has 0 radical (unpaired) electrons. The van der Waals surface area contributed by atoms with Crippen LogP contribution < -0.4 is 14.4 Å². The summed E-state index contributed by atoms with van der Waals surface area (Å²) in [5.41, 5.74) is 2.92. The molecule has 4 aromatic rings. The van der Waals surface area contributed by atoms with Crippen molar-refractivity contribution < 1.29 is 22.7 Å². The van der Waals surface area contributed by atoms with E-state index in [4.69, 9.17) is 4.74 Å². The van der Waals surface area contributed by atoms with Crippen molar-refractivity contribution in [1.29, 1.82) is 0 Å². The quantitative estimate of drug-likeness (QED) is 0.150. The van der Waals surface area contributed by atoms with Crippen molar-refractivity contribution in [1.82, 2.24) is 10.2 Å². The molecule has 10 heteroatoms. The Morgan fingerprint density at radius 2 is 1.56 bits per heavy atom. The number of aryl methyl sites for hydroxylation is 1. The lowest BCUT2D eigenvalue weighted by molar-refractivity contribution is -0.140. The molecule has 1 N–H and O–H groups in total. The summed E-state index contributed by atoms with van der Waals surface area (Å²) in [5, 5.41) is 3.21. The number of ether oxygens (including phenoxy) is 1. The molecule has 0 aromatic heterocycles. The Bertz CT molecular complexity index is 1780. The second-order valence-electron chi connectivity index (χ2n) is 12.1. The third-order valence-corrected chi connectivity index (χ3v) is 10.8. The third-order valence-electron chi connectivity index (χ3n) is 8.54. The molecule has 1 atom stereocenters. The number of nitrogens with zero attached hydrogens (tertiary/aromatic N) is 2. The van der Waals surface area contributed by atoms with Crippen LogP contribution in [0.1, 0.15) is 49.3 Å². The summed E-state index contributed by atoms with van der Waals surface area (Å²) < 4.78 is 36.1. The van der Waals surface area contributed by atoms with Crippen LogP contribution >= 0.6 is 15.9 Å². The average molecular weight is 733 g/mol. The van der Waals surface area contributed by atoms with Crippen LogP contribution in [0.2, 0.25) is 0 Å². The van der Waals surface area contributed by atoms with Crippen molar-refractivity contribution in [3.63, 3.8) is 0 Å². The number of nitrogens with one attached hydrogen (secondary N) is 1. The molecule has 8 nitrogen and oxygen atoms in total. The Morgan fingerprint density at radius 1 is 0.896 bits per heavy atom. The van der Waals surface area contributed by atoms with Crippen LogP contribution in [0.5, 0.6) is 5.75 Å². The van der Waals surface area contributed by atoms with Gasteiger partial charge in [-0.25, -0.2) is 8.42 Å². The highest BCUT2D eigenvalue weighted by Crippen LogP contribution is 2.28. The SMILES string of the molecule is CCOc1ccc(N(CC(=O)N(Cc2cccc(Br)c2)[C@H](Cc2ccccc2)C(=O)NC2CCCC2)S(=O)(=O)c2ccc(C)cc2)cc1. The Balaban J connectivity index is 1.56. The van der Waals surface area contributed by atoms with E-state index >= 15 is 0 Å². The van der Waals surface area contributed by atoms with Gasteiger partial charge in [-0.15, -0.1) is 0 Å². The Hall–Kier alpha value is -4.15. The first-order valence-corrected chi connectivity index (χ1v) is 18.6. The molecule has 0 aliphatic heterocycles. The van der Waals surface area contributed by atoms with E-state index in [1.807, 2.05) is 68.4 Å². The van der Waals surface area contributed by atoms with Crippen molar-refractivity contribution in [2.24, 2.45) is 0 Å². The van der Waals surface area contributed by atoms with Crippen LogP contribution in [0.3, 0.4) is 0 Å². The molecule has 0 unspecified atom stereocenters. The van der Waals surface area contributed by atoms with Crippen LogP contribution in [0.15, 0.2) is 112 Å². The Morgan fingerprint density at radius 3 is 2.21 bits per heavy atom. The number of hydrogen-bond donors (Lipinski definition) is 1. The minimum Gasteiger partial charge on any atom is -0.494 e. The minimum atomic E-state index is -4.19. The number of carbonyl (C=O) groups is 2. The van der Waals surface area contributed by atoms with Gasteiger partial charge >= 0.3 is 0 Å². The van der Waals surface area contributed by atoms with Gasteiger partial charge in [-0.1, -0.05) is 88.9 Å². The van der Waals surface area contributed by atoms with E-state index < -0.39 is 28.5 Å². The molecule has 0 saturated heterocycles. The number of anilines is 1. The van der Waals surface area contributed by atoms with Gasteiger partial charge in [-0.3, -0.25) is 13.9 Å². The van der Waals surface area contributed by atoms with Crippen LogP contribution in [0.4, 0.5) is 5.69 Å². The van der Waals surface area contributed by atoms with Gasteiger partial charge < -0.3 is 15.0 Å². The molecule has 0 spiro atoms. The third kappa shape index (κ3) is 9.05. The maximum Gasteiger partial charge on any atom is 0.264 e. The predicted molar refractivity (Wildman–Crippen MR) is 192 cm³/mol. The molecule has 0 bridgehead atoms. The van der Waals surface area contributed by atoms with Crippen molar-refractivity contribution in [2.45, 2.75) is 69.5 Å². The topological polar surface area (TPSA) is 96.0 Å². The van der Waals surface area contributed by atoms with E-state index in [2.05, 4.69) is 21.2 Å². The van der Waals surface area contributed by atoms with E-state index in [1.165, 1.54) is 4.90 Å². The number of carbonyl (C=O) groups excluding carboxylic acids is 2. The van der Waals surface area contributed by atoms with Gasteiger partial charge in [0.2, 0.25) is 11.8 Å². The molecule has 1 aliphatic rings. The van der Waals surface area contributed by atoms with Gasteiger partial charge in [0.1, 0.15) is 18.3 Å². The minimum absolute atomic E-state index is 0.0425. The highest BCUT2D eigenvalue weighted by atomic mass is 79.9. The number of halogens is 1. The fourth-order valence-corrected chi connectivity index (χ4v) is 7.86. The van der Waals surface area contributed by atoms with Gasteiger partial charge in [-0.05, 0) is 86.3 Å².